The third kappa shape index (κ3) is 4.71. The van der Waals surface area contributed by atoms with Crippen LogP contribution in [0.1, 0.15) is 19.4 Å². The van der Waals surface area contributed by atoms with Crippen LogP contribution >= 0.6 is 0 Å². The van der Waals surface area contributed by atoms with E-state index in [-0.39, 0.29) is 0 Å². The van der Waals surface area contributed by atoms with E-state index in [1.807, 2.05) is 12.1 Å². The van der Waals surface area contributed by atoms with Crippen molar-refractivity contribution in [1.82, 2.24) is 15.2 Å². The van der Waals surface area contributed by atoms with Crippen molar-refractivity contribution < 1.29 is 4.74 Å². The minimum absolute atomic E-state index is 0.588. The summed E-state index contributed by atoms with van der Waals surface area (Å²) in [7, 11) is 3.79. The molecule has 1 aromatic rings. The summed E-state index contributed by atoms with van der Waals surface area (Å²) in [5, 5.41) is 3.40. The number of likely N-dealkylation sites (N-methyl/N-ethyl adjacent to an activating group) is 1. The van der Waals surface area contributed by atoms with E-state index < -0.39 is 0 Å². The topological polar surface area (TPSA) is 37.4 Å². The molecule has 0 radical (unpaired) electrons. The Kier molecular flexibility index (Phi) is 5.94. The number of hydrogen-bond donors (Lipinski definition) is 1. The van der Waals surface area contributed by atoms with Gasteiger partial charge < -0.3 is 15.0 Å². The maximum Gasteiger partial charge on any atom is 0.217 e. The van der Waals surface area contributed by atoms with Crippen molar-refractivity contribution in [3.8, 4) is 5.88 Å². The molecule has 0 saturated heterocycles. The molecule has 0 aliphatic heterocycles. The van der Waals surface area contributed by atoms with Gasteiger partial charge >= 0.3 is 0 Å². The van der Waals surface area contributed by atoms with Crippen LogP contribution in [-0.2, 0) is 6.54 Å². The Balaban J connectivity index is 2.31. The summed E-state index contributed by atoms with van der Waals surface area (Å²) in [4.78, 5) is 6.48. The van der Waals surface area contributed by atoms with Crippen LogP contribution in [0.5, 0.6) is 5.88 Å². The Hall–Kier alpha value is -1.13. The van der Waals surface area contributed by atoms with Gasteiger partial charge in [0, 0.05) is 37.4 Å². The summed E-state index contributed by atoms with van der Waals surface area (Å²) in [5.74, 6) is 0.706. The molecule has 96 valence electrons. The van der Waals surface area contributed by atoms with Crippen molar-refractivity contribution in [2.24, 2.45) is 0 Å². The van der Waals surface area contributed by atoms with Crippen LogP contribution in [0.15, 0.2) is 18.3 Å². The molecule has 0 aromatic carbocycles. The molecule has 0 aliphatic rings. The average molecular weight is 237 g/mol. The van der Waals surface area contributed by atoms with Crippen molar-refractivity contribution in [2.75, 3.05) is 27.2 Å². The SMILES string of the molecule is COc1ncccc1CNCCN(C)C(C)C. The number of hydrogen-bond acceptors (Lipinski definition) is 4. The Morgan fingerprint density at radius 3 is 2.88 bits per heavy atom. The van der Waals surface area contributed by atoms with Crippen molar-refractivity contribution >= 4 is 0 Å². The van der Waals surface area contributed by atoms with Gasteiger partial charge in [0.2, 0.25) is 5.88 Å². The van der Waals surface area contributed by atoms with Gasteiger partial charge in [-0.05, 0) is 27.0 Å². The quantitative estimate of drug-likeness (QED) is 0.730. The lowest BCUT2D eigenvalue weighted by Crippen LogP contribution is -2.33. The standard InChI is InChI=1S/C13H23N3O/c1-11(2)16(3)9-8-14-10-12-6-5-7-15-13(12)17-4/h5-7,11,14H,8-10H2,1-4H3. The first kappa shape index (κ1) is 13.9. The van der Waals surface area contributed by atoms with E-state index in [0.29, 0.717) is 11.9 Å². The van der Waals surface area contributed by atoms with Gasteiger partial charge in [0.15, 0.2) is 0 Å². The molecule has 0 unspecified atom stereocenters. The highest BCUT2D eigenvalue weighted by Crippen LogP contribution is 2.12. The maximum absolute atomic E-state index is 5.20. The van der Waals surface area contributed by atoms with Crippen LogP contribution in [0.4, 0.5) is 0 Å². The molecule has 0 atom stereocenters. The second kappa shape index (κ2) is 7.25. The molecule has 1 aromatic heterocycles. The summed E-state index contributed by atoms with van der Waals surface area (Å²) >= 11 is 0. The number of ether oxygens (including phenoxy) is 1. The summed E-state index contributed by atoms with van der Waals surface area (Å²) < 4.78 is 5.20. The Morgan fingerprint density at radius 2 is 2.24 bits per heavy atom. The molecular weight excluding hydrogens is 214 g/mol. The lowest BCUT2D eigenvalue weighted by atomic mass is 10.2. The number of methoxy groups -OCH3 is 1. The van der Waals surface area contributed by atoms with Gasteiger partial charge in [-0.2, -0.15) is 0 Å². The summed E-state index contributed by atoms with van der Waals surface area (Å²) in [6.07, 6.45) is 1.74. The van der Waals surface area contributed by atoms with Crippen molar-refractivity contribution in [1.29, 1.82) is 0 Å². The molecule has 1 heterocycles. The minimum Gasteiger partial charge on any atom is -0.481 e. The van der Waals surface area contributed by atoms with E-state index in [0.717, 1.165) is 25.2 Å². The van der Waals surface area contributed by atoms with Crippen LogP contribution in [0, 0.1) is 0 Å². The van der Waals surface area contributed by atoms with Gasteiger partial charge in [-0.1, -0.05) is 6.07 Å². The molecule has 0 saturated carbocycles. The van der Waals surface area contributed by atoms with Gasteiger partial charge in [-0.25, -0.2) is 4.98 Å². The zero-order valence-electron chi connectivity index (χ0n) is 11.2. The highest BCUT2D eigenvalue weighted by Gasteiger charge is 2.04. The molecule has 4 nitrogen and oxygen atoms in total. The largest absolute Gasteiger partial charge is 0.481 e. The molecule has 0 spiro atoms. The normalized spacial score (nSPS) is 11.2. The van der Waals surface area contributed by atoms with Crippen LogP contribution < -0.4 is 10.1 Å². The van der Waals surface area contributed by atoms with Gasteiger partial charge in [0.1, 0.15) is 0 Å². The van der Waals surface area contributed by atoms with E-state index in [9.17, 15) is 0 Å². The van der Waals surface area contributed by atoms with E-state index in [2.05, 4.69) is 36.1 Å². The van der Waals surface area contributed by atoms with E-state index >= 15 is 0 Å². The van der Waals surface area contributed by atoms with E-state index in [4.69, 9.17) is 4.74 Å². The summed E-state index contributed by atoms with van der Waals surface area (Å²) in [5.41, 5.74) is 1.10. The lowest BCUT2D eigenvalue weighted by Gasteiger charge is -2.21. The smallest absolute Gasteiger partial charge is 0.217 e. The number of nitrogens with zero attached hydrogens (tertiary/aromatic N) is 2. The Bertz CT molecular complexity index is 328. The van der Waals surface area contributed by atoms with E-state index in [1.54, 1.807) is 13.3 Å². The van der Waals surface area contributed by atoms with Crippen LogP contribution in [0.25, 0.3) is 0 Å². The molecule has 1 rings (SSSR count). The lowest BCUT2D eigenvalue weighted by molar-refractivity contribution is 0.273. The zero-order valence-corrected chi connectivity index (χ0v) is 11.2. The first-order valence-corrected chi connectivity index (χ1v) is 6.04. The fraction of sp³-hybridized carbons (Fsp3) is 0.615. The van der Waals surface area contributed by atoms with Gasteiger partial charge in [-0.3, -0.25) is 0 Å². The monoisotopic (exact) mass is 237 g/mol. The van der Waals surface area contributed by atoms with Crippen LogP contribution in [0.2, 0.25) is 0 Å². The van der Waals surface area contributed by atoms with Gasteiger partial charge in [0.25, 0.3) is 0 Å². The van der Waals surface area contributed by atoms with Crippen molar-refractivity contribution in [3.05, 3.63) is 23.9 Å². The minimum atomic E-state index is 0.588. The average Bonchev–Trinajstić information content (AvgIpc) is 2.34. The highest BCUT2D eigenvalue weighted by molar-refractivity contribution is 5.24. The van der Waals surface area contributed by atoms with E-state index in [1.165, 1.54) is 0 Å². The first-order chi connectivity index (χ1) is 8.15. The number of aromatic nitrogens is 1. The van der Waals surface area contributed by atoms with Crippen molar-refractivity contribution in [2.45, 2.75) is 26.4 Å². The predicted octanol–water partition coefficient (Wildman–Crippen LogP) is 1.52. The van der Waals surface area contributed by atoms with Gasteiger partial charge in [-0.15, -0.1) is 0 Å². The highest BCUT2D eigenvalue weighted by atomic mass is 16.5. The molecule has 0 aliphatic carbocycles. The number of pyridine rings is 1. The summed E-state index contributed by atoms with van der Waals surface area (Å²) in [6, 6.07) is 4.55. The zero-order chi connectivity index (χ0) is 12.7. The second-order valence-corrected chi connectivity index (χ2v) is 4.42. The second-order valence-electron chi connectivity index (χ2n) is 4.42. The van der Waals surface area contributed by atoms with Crippen molar-refractivity contribution in [3.63, 3.8) is 0 Å². The molecule has 17 heavy (non-hydrogen) atoms. The Labute approximate surface area is 104 Å². The molecule has 4 heteroatoms. The van der Waals surface area contributed by atoms with Crippen LogP contribution in [0.3, 0.4) is 0 Å². The summed E-state index contributed by atoms with van der Waals surface area (Å²) in [6.45, 7) is 7.20. The molecule has 1 N–H and O–H groups in total. The number of nitrogens with one attached hydrogen (secondary N) is 1. The van der Waals surface area contributed by atoms with Crippen LogP contribution in [-0.4, -0.2) is 43.2 Å². The fourth-order valence-corrected chi connectivity index (χ4v) is 1.48. The molecule has 0 bridgehead atoms. The van der Waals surface area contributed by atoms with Gasteiger partial charge in [0.05, 0.1) is 7.11 Å². The maximum atomic E-state index is 5.20. The number of rotatable bonds is 7. The third-order valence-corrected chi connectivity index (χ3v) is 2.88. The Morgan fingerprint density at radius 1 is 1.47 bits per heavy atom. The predicted molar refractivity (Wildman–Crippen MR) is 70.3 cm³/mol. The third-order valence-electron chi connectivity index (χ3n) is 2.88. The molecule has 0 fully saturated rings. The first-order valence-electron chi connectivity index (χ1n) is 6.04. The fourth-order valence-electron chi connectivity index (χ4n) is 1.48. The molecule has 0 amide bonds. The molecular formula is C13H23N3O.